The Morgan fingerprint density at radius 2 is 2.06 bits per heavy atom. The first-order valence-electron chi connectivity index (χ1n) is 5.03. The molecule has 1 aromatic carbocycles. The molecule has 0 radical (unpaired) electrons. The number of hydrogen-bond acceptors (Lipinski definition) is 3. The number of benzene rings is 1. The van der Waals surface area contributed by atoms with Crippen molar-refractivity contribution in [3.63, 3.8) is 0 Å². The quantitative estimate of drug-likeness (QED) is 0.789. The second-order valence-electron chi connectivity index (χ2n) is 3.39. The fraction of sp³-hybridized carbons (Fsp3) is 0.333. The lowest BCUT2D eigenvalue weighted by atomic mass is 9.99. The number of hydrogen-bond donors (Lipinski definition) is 1. The van der Waals surface area contributed by atoms with Crippen molar-refractivity contribution in [2.75, 3.05) is 6.61 Å². The molecule has 1 rings (SSSR count). The van der Waals surface area contributed by atoms with Crippen LogP contribution in [0.1, 0.15) is 28.4 Å². The molecule has 0 spiro atoms. The Bertz CT molecular complexity index is 409. The zero-order valence-corrected chi connectivity index (χ0v) is 9.32. The summed E-state index contributed by atoms with van der Waals surface area (Å²) in [5.41, 5.74) is 1.64. The number of aryl methyl sites for hydroxylation is 1. The normalized spacial score (nSPS) is 9.88. The first-order chi connectivity index (χ1) is 7.56. The second kappa shape index (κ2) is 5.30. The summed E-state index contributed by atoms with van der Waals surface area (Å²) in [5.74, 6) is -1.43. The summed E-state index contributed by atoms with van der Waals surface area (Å²) < 4.78 is 4.87. The Hall–Kier alpha value is -1.84. The molecule has 0 saturated heterocycles. The summed E-state index contributed by atoms with van der Waals surface area (Å²) in [4.78, 5) is 22.3. The van der Waals surface area contributed by atoms with E-state index in [1.165, 1.54) is 0 Å². The average Bonchev–Trinajstić information content (AvgIpc) is 2.20. The van der Waals surface area contributed by atoms with Crippen molar-refractivity contribution in [1.29, 1.82) is 0 Å². The van der Waals surface area contributed by atoms with Gasteiger partial charge in [-0.15, -0.1) is 0 Å². The molecular formula is C12H14O4. The van der Waals surface area contributed by atoms with Crippen LogP contribution in [0.2, 0.25) is 0 Å². The lowest BCUT2D eigenvalue weighted by Crippen LogP contribution is -2.12. The van der Waals surface area contributed by atoms with Crippen molar-refractivity contribution in [2.24, 2.45) is 0 Å². The highest BCUT2D eigenvalue weighted by atomic mass is 16.5. The van der Waals surface area contributed by atoms with E-state index in [0.717, 1.165) is 5.56 Å². The molecule has 0 amide bonds. The number of carbonyl (C=O) groups excluding carboxylic acids is 1. The van der Waals surface area contributed by atoms with E-state index in [0.29, 0.717) is 11.1 Å². The van der Waals surface area contributed by atoms with Crippen LogP contribution in [-0.2, 0) is 16.0 Å². The van der Waals surface area contributed by atoms with Crippen molar-refractivity contribution in [1.82, 2.24) is 0 Å². The molecule has 0 saturated carbocycles. The molecule has 4 nitrogen and oxygen atoms in total. The largest absolute Gasteiger partial charge is 0.481 e. The van der Waals surface area contributed by atoms with E-state index < -0.39 is 11.9 Å². The Balaban J connectivity index is 3.11. The van der Waals surface area contributed by atoms with Gasteiger partial charge in [-0.05, 0) is 31.0 Å². The maximum Gasteiger partial charge on any atom is 0.338 e. The predicted octanol–water partition coefficient (Wildman–Crippen LogP) is 1.80. The molecule has 86 valence electrons. The molecule has 4 heteroatoms. The van der Waals surface area contributed by atoms with E-state index in [1.807, 2.05) is 0 Å². The van der Waals surface area contributed by atoms with Gasteiger partial charge in [-0.2, -0.15) is 0 Å². The zero-order chi connectivity index (χ0) is 12.1. The third-order valence-electron chi connectivity index (χ3n) is 2.23. The van der Waals surface area contributed by atoms with Crippen LogP contribution in [0.5, 0.6) is 0 Å². The van der Waals surface area contributed by atoms with Gasteiger partial charge in [-0.1, -0.05) is 12.1 Å². The summed E-state index contributed by atoms with van der Waals surface area (Å²) in [6.45, 7) is 3.77. The predicted molar refractivity (Wildman–Crippen MR) is 58.5 cm³/mol. The zero-order valence-electron chi connectivity index (χ0n) is 9.32. The van der Waals surface area contributed by atoms with Gasteiger partial charge in [0.2, 0.25) is 0 Å². The number of esters is 1. The van der Waals surface area contributed by atoms with E-state index in [1.54, 1.807) is 32.0 Å². The number of carboxylic acids is 1. The van der Waals surface area contributed by atoms with Crippen molar-refractivity contribution in [2.45, 2.75) is 20.3 Å². The maximum atomic E-state index is 11.6. The molecule has 0 aromatic heterocycles. The molecule has 0 unspecified atom stereocenters. The molecule has 1 N–H and O–H groups in total. The molecule has 0 aliphatic rings. The molecule has 0 atom stereocenters. The van der Waals surface area contributed by atoms with Crippen LogP contribution in [0.25, 0.3) is 0 Å². The van der Waals surface area contributed by atoms with Crippen molar-refractivity contribution in [3.05, 3.63) is 34.9 Å². The van der Waals surface area contributed by atoms with E-state index >= 15 is 0 Å². The van der Waals surface area contributed by atoms with E-state index in [9.17, 15) is 9.59 Å². The maximum absolute atomic E-state index is 11.6. The van der Waals surface area contributed by atoms with Gasteiger partial charge in [0.05, 0.1) is 18.6 Å². The summed E-state index contributed by atoms with van der Waals surface area (Å²) >= 11 is 0. The molecule has 0 aliphatic heterocycles. The first kappa shape index (κ1) is 12.2. The Labute approximate surface area is 93.9 Å². The van der Waals surface area contributed by atoms with Crippen LogP contribution in [0.3, 0.4) is 0 Å². The van der Waals surface area contributed by atoms with Crippen molar-refractivity contribution < 1.29 is 19.4 Å². The third-order valence-corrected chi connectivity index (χ3v) is 2.23. The Morgan fingerprint density at radius 3 is 2.62 bits per heavy atom. The average molecular weight is 222 g/mol. The molecule has 16 heavy (non-hydrogen) atoms. The van der Waals surface area contributed by atoms with Gasteiger partial charge in [-0.3, -0.25) is 4.79 Å². The first-order valence-corrected chi connectivity index (χ1v) is 5.03. The highest BCUT2D eigenvalue weighted by molar-refractivity contribution is 5.92. The molecule has 0 bridgehead atoms. The van der Waals surface area contributed by atoms with Crippen LogP contribution in [-0.4, -0.2) is 23.7 Å². The summed E-state index contributed by atoms with van der Waals surface area (Å²) in [5, 5.41) is 8.78. The monoisotopic (exact) mass is 222 g/mol. The topological polar surface area (TPSA) is 63.6 Å². The van der Waals surface area contributed by atoms with Gasteiger partial charge in [0.15, 0.2) is 0 Å². The molecule has 1 aromatic rings. The Morgan fingerprint density at radius 1 is 1.38 bits per heavy atom. The number of rotatable bonds is 4. The van der Waals surface area contributed by atoms with E-state index in [2.05, 4.69) is 0 Å². The lowest BCUT2D eigenvalue weighted by molar-refractivity contribution is -0.136. The second-order valence-corrected chi connectivity index (χ2v) is 3.39. The van der Waals surface area contributed by atoms with E-state index in [4.69, 9.17) is 9.84 Å². The standard InChI is InChI=1S/C12H14O4/c1-3-16-12(15)9-6-4-5-8(2)10(9)7-11(13)14/h4-6H,3,7H2,1-2H3,(H,13,14). The summed E-state index contributed by atoms with van der Waals surface area (Å²) in [6.07, 6.45) is -0.166. The van der Waals surface area contributed by atoms with Gasteiger partial charge < -0.3 is 9.84 Å². The third kappa shape index (κ3) is 2.82. The van der Waals surface area contributed by atoms with Gasteiger partial charge in [0, 0.05) is 0 Å². The fourth-order valence-electron chi connectivity index (χ4n) is 1.49. The highest BCUT2D eigenvalue weighted by Crippen LogP contribution is 2.16. The molecule has 0 aliphatic carbocycles. The minimum Gasteiger partial charge on any atom is -0.481 e. The summed E-state index contributed by atoms with van der Waals surface area (Å²) in [6, 6.07) is 5.08. The number of ether oxygens (including phenoxy) is 1. The van der Waals surface area contributed by atoms with E-state index in [-0.39, 0.29) is 13.0 Å². The van der Waals surface area contributed by atoms with Crippen LogP contribution in [0, 0.1) is 6.92 Å². The van der Waals surface area contributed by atoms with Gasteiger partial charge >= 0.3 is 11.9 Å². The van der Waals surface area contributed by atoms with Crippen molar-refractivity contribution >= 4 is 11.9 Å². The van der Waals surface area contributed by atoms with Crippen molar-refractivity contribution in [3.8, 4) is 0 Å². The van der Waals surface area contributed by atoms with Crippen LogP contribution < -0.4 is 0 Å². The fourth-order valence-corrected chi connectivity index (χ4v) is 1.49. The summed E-state index contributed by atoms with van der Waals surface area (Å²) in [7, 11) is 0. The van der Waals surface area contributed by atoms with Gasteiger partial charge in [0.1, 0.15) is 0 Å². The van der Waals surface area contributed by atoms with Gasteiger partial charge in [0.25, 0.3) is 0 Å². The number of carbonyl (C=O) groups is 2. The molecule has 0 fully saturated rings. The smallest absolute Gasteiger partial charge is 0.338 e. The highest BCUT2D eigenvalue weighted by Gasteiger charge is 2.16. The lowest BCUT2D eigenvalue weighted by Gasteiger charge is -2.09. The van der Waals surface area contributed by atoms with Gasteiger partial charge in [-0.25, -0.2) is 4.79 Å². The van der Waals surface area contributed by atoms with Crippen LogP contribution in [0.15, 0.2) is 18.2 Å². The molecular weight excluding hydrogens is 208 g/mol. The number of aliphatic carboxylic acids is 1. The van der Waals surface area contributed by atoms with Crippen LogP contribution in [0.4, 0.5) is 0 Å². The SMILES string of the molecule is CCOC(=O)c1cccc(C)c1CC(=O)O. The minimum atomic E-state index is -0.958. The number of carboxylic acid groups (broad SMARTS) is 1. The molecule has 0 heterocycles. The van der Waals surface area contributed by atoms with Crippen LogP contribution >= 0.6 is 0 Å². The minimum absolute atomic E-state index is 0.166. The Kier molecular flexibility index (Phi) is 4.05.